The first-order chi connectivity index (χ1) is 8.81. The zero-order valence-corrected chi connectivity index (χ0v) is 10.7. The van der Waals surface area contributed by atoms with Gasteiger partial charge in [0.2, 0.25) is 0 Å². The molecule has 1 atom stereocenters. The Morgan fingerprint density at radius 3 is 1.78 bits per heavy atom. The van der Waals surface area contributed by atoms with Crippen LogP contribution in [0, 0.1) is 0 Å². The van der Waals surface area contributed by atoms with Crippen LogP contribution < -0.4 is 0 Å². The van der Waals surface area contributed by atoms with E-state index < -0.39 is 0 Å². The lowest BCUT2D eigenvalue weighted by Crippen LogP contribution is -2.28. The summed E-state index contributed by atoms with van der Waals surface area (Å²) in [5.41, 5.74) is 2.75. The molecule has 1 nitrogen and oxygen atoms in total. The molecule has 92 valence electrons. The van der Waals surface area contributed by atoms with Crippen LogP contribution in [0.15, 0.2) is 60.7 Å². The molecule has 0 N–H and O–H groups in total. The molecule has 0 radical (unpaired) electrons. The lowest BCUT2D eigenvalue weighted by molar-refractivity contribution is 0.119. The third-order valence-corrected chi connectivity index (χ3v) is 3.90. The van der Waals surface area contributed by atoms with Crippen LogP contribution >= 0.6 is 0 Å². The van der Waals surface area contributed by atoms with Crippen molar-refractivity contribution >= 4 is 0 Å². The maximum Gasteiger partial charge on any atom is 0.0608 e. The van der Waals surface area contributed by atoms with Gasteiger partial charge < -0.3 is 4.74 Å². The second-order valence-corrected chi connectivity index (χ2v) is 5.14. The predicted octanol–water partition coefficient (Wildman–Crippen LogP) is 3.78. The molecule has 0 aliphatic carbocycles. The van der Waals surface area contributed by atoms with Crippen molar-refractivity contribution in [1.29, 1.82) is 0 Å². The molecule has 2 aromatic carbocycles. The summed E-state index contributed by atoms with van der Waals surface area (Å²) >= 11 is 0. The summed E-state index contributed by atoms with van der Waals surface area (Å²) in [6.45, 7) is 2.94. The van der Waals surface area contributed by atoms with E-state index in [9.17, 15) is 0 Å². The van der Waals surface area contributed by atoms with E-state index in [-0.39, 0.29) is 5.41 Å². The van der Waals surface area contributed by atoms with Crippen LogP contribution in [0.3, 0.4) is 0 Å². The molecule has 0 aromatic heterocycles. The third kappa shape index (κ3) is 1.85. The Hall–Kier alpha value is -1.60. The van der Waals surface area contributed by atoms with E-state index in [1.807, 2.05) is 0 Å². The van der Waals surface area contributed by atoms with Crippen LogP contribution in [-0.4, -0.2) is 12.7 Å². The fourth-order valence-corrected chi connectivity index (χ4v) is 2.98. The van der Waals surface area contributed by atoms with Crippen molar-refractivity contribution in [2.75, 3.05) is 6.61 Å². The van der Waals surface area contributed by atoms with Crippen LogP contribution in [-0.2, 0) is 10.2 Å². The fourth-order valence-electron chi connectivity index (χ4n) is 2.98. The Balaban J connectivity index is 2.11. The van der Waals surface area contributed by atoms with Crippen molar-refractivity contribution in [3.63, 3.8) is 0 Å². The van der Waals surface area contributed by atoms with E-state index in [2.05, 4.69) is 67.6 Å². The van der Waals surface area contributed by atoms with E-state index in [1.165, 1.54) is 11.1 Å². The highest BCUT2D eigenvalue weighted by molar-refractivity contribution is 5.40. The number of hydrogen-bond acceptors (Lipinski definition) is 1. The minimum atomic E-state index is 0.0297. The maximum atomic E-state index is 5.88. The number of benzene rings is 2. The summed E-state index contributed by atoms with van der Waals surface area (Å²) in [6.07, 6.45) is 1.38. The van der Waals surface area contributed by atoms with Crippen LogP contribution in [0.1, 0.15) is 24.5 Å². The Morgan fingerprint density at radius 2 is 1.39 bits per heavy atom. The molecule has 2 aromatic rings. The van der Waals surface area contributed by atoms with Crippen molar-refractivity contribution < 1.29 is 4.74 Å². The molecule has 3 rings (SSSR count). The van der Waals surface area contributed by atoms with Gasteiger partial charge in [-0.05, 0) is 24.5 Å². The highest BCUT2D eigenvalue weighted by Crippen LogP contribution is 2.41. The quantitative estimate of drug-likeness (QED) is 0.773. The molecular formula is C17H18O. The number of hydrogen-bond donors (Lipinski definition) is 0. The summed E-state index contributed by atoms with van der Waals surface area (Å²) in [5.74, 6) is 0. The zero-order valence-electron chi connectivity index (χ0n) is 10.7. The smallest absolute Gasteiger partial charge is 0.0608 e. The average molecular weight is 238 g/mol. The van der Waals surface area contributed by atoms with Gasteiger partial charge in [0, 0.05) is 5.41 Å². The highest BCUT2D eigenvalue weighted by atomic mass is 16.5. The Bertz CT molecular complexity index is 464. The molecule has 1 saturated heterocycles. The zero-order chi connectivity index (χ0) is 12.4. The van der Waals surface area contributed by atoms with Crippen molar-refractivity contribution in [3.8, 4) is 0 Å². The normalized spacial score (nSPS) is 21.9. The maximum absolute atomic E-state index is 5.88. The molecule has 0 spiro atoms. The van der Waals surface area contributed by atoms with Gasteiger partial charge in [0.15, 0.2) is 0 Å². The second kappa shape index (κ2) is 4.58. The Labute approximate surface area is 108 Å². The van der Waals surface area contributed by atoms with Gasteiger partial charge in [-0.3, -0.25) is 0 Å². The minimum absolute atomic E-state index is 0.0297. The lowest BCUT2D eigenvalue weighted by atomic mass is 9.73. The third-order valence-electron chi connectivity index (χ3n) is 3.90. The van der Waals surface area contributed by atoms with Crippen molar-refractivity contribution in [1.82, 2.24) is 0 Å². The standard InChI is InChI=1S/C17H18O/c1-14-12-17(13-18-14,15-8-4-2-5-9-15)16-10-6-3-7-11-16/h2-11,14H,12-13H2,1H3/t14-/m0/s1. The van der Waals surface area contributed by atoms with Crippen molar-refractivity contribution in [2.45, 2.75) is 24.9 Å². The van der Waals surface area contributed by atoms with Gasteiger partial charge in [0.05, 0.1) is 12.7 Å². The SMILES string of the molecule is C[C@H]1CC(c2ccccc2)(c2ccccc2)CO1. The molecular weight excluding hydrogens is 220 g/mol. The summed E-state index contributed by atoms with van der Waals surface area (Å²) < 4.78 is 5.88. The molecule has 1 heterocycles. The summed E-state index contributed by atoms with van der Waals surface area (Å²) in [6, 6.07) is 21.5. The van der Waals surface area contributed by atoms with Crippen LogP contribution in [0.25, 0.3) is 0 Å². The van der Waals surface area contributed by atoms with Gasteiger partial charge in [-0.1, -0.05) is 60.7 Å². The fraction of sp³-hybridized carbons (Fsp3) is 0.294. The molecule has 1 aliphatic rings. The van der Waals surface area contributed by atoms with Gasteiger partial charge in [-0.25, -0.2) is 0 Å². The molecule has 1 fully saturated rings. The lowest BCUT2D eigenvalue weighted by Gasteiger charge is -2.29. The van der Waals surface area contributed by atoms with E-state index >= 15 is 0 Å². The molecule has 0 amide bonds. The Kier molecular flexibility index (Phi) is 2.92. The molecule has 0 bridgehead atoms. The van der Waals surface area contributed by atoms with Gasteiger partial charge in [0.1, 0.15) is 0 Å². The molecule has 1 aliphatic heterocycles. The van der Waals surface area contributed by atoms with E-state index in [0.29, 0.717) is 6.10 Å². The van der Waals surface area contributed by atoms with E-state index in [1.54, 1.807) is 0 Å². The monoisotopic (exact) mass is 238 g/mol. The number of rotatable bonds is 2. The first-order valence-electron chi connectivity index (χ1n) is 6.54. The molecule has 0 saturated carbocycles. The Morgan fingerprint density at radius 1 is 0.889 bits per heavy atom. The van der Waals surface area contributed by atoms with Crippen LogP contribution in [0.4, 0.5) is 0 Å². The molecule has 18 heavy (non-hydrogen) atoms. The largest absolute Gasteiger partial charge is 0.377 e. The topological polar surface area (TPSA) is 9.23 Å². The molecule has 0 unspecified atom stereocenters. The minimum Gasteiger partial charge on any atom is -0.377 e. The van der Waals surface area contributed by atoms with Crippen molar-refractivity contribution in [2.24, 2.45) is 0 Å². The van der Waals surface area contributed by atoms with Crippen LogP contribution in [0.2, 0.25) is 0 Å². The molecule has 1 heteroatoms. The number of ether oxygens (including phenoxy) is 1. The first kappa shape index (κ1) is 11.5. The van der Waals surface area contributed by atoms with Crippen molar-refractivity contribution in [3.05, 3.63) is 71.8 Å². The van der Waals surface area contributed by atoms with Crippen LogP contribution in [0.5, 0.6) is 0 Å². The summed E-state index contributed by atoms with van der Waals surface area (Å²) in [4.78, 5) is 0. The van der Waals surface area contributed by atoms with E-state index in [0.717, 1.165) is 13.0 Å². The highest BCUT2D eigenvalue weighted by Gasteiger charge is 2.41. The van der Waals surface area contributed by atoms with Gasteiger partial charge in [0.25, 0.3) is 0 Å². The predicted molar refractivity (Wildman–Crippen MR) is 73.7 cm³/mol. The first-order valence-corrected chi connectivity index (χ1v) is 6.54. The van der Waals surface area contributed by atoms with Gasteiger partial charge >= 0.3 is 0 Å². The van der Waals surface area contributed by atoms with Gasteiger partial charge in [-0.2, -0.15) is 0 Å². The average Bonchev–Trinajstić information content (AvgIpc) is 2.84. The summed E-state index contributed by atoms with van der Waals surface area (Å²) in [7, 11) is 0. The van der Waals surface area contributed by atoms with E-state index in [4.69, 9.17) is 4.74 Å². The van der Waals surface area contributed by atoms with Gasteiger partial charge in [-0.15, -0.1) is 0 Å². The summed E-state index contributed by atoms with van der Waals surface area (Å²) in [5, 5.41) is 0. The second-order valence-electron chi connectivity index (χ2n) is 5.14.